The summed E-state index contributed by atoms with van der Waals surface area (Å²) in [5, 5.41) is 10.8. The third kappa shape index (κ3) is 2.53. The van der Waals surface area contributed by atoms with Gasteiger partial charge >= 0.3 is 5.97 Å². The number of ether oxygens (including phenoxy) is 1. The van der Waals surface area contributed by atoms with E-state index in [4.69, 9.17) is 4.74 Å². The van der Waals surface area contributed by atoms with E-state index in [0.717, 1.165) is 0 Å². The SMILES string of the molecule is CC[C@H]1C(=O)C(C)(C)C(=O)O[C@H]1c1cccc([N+](=O)[O-])c1. The molecule has 0 aromatic heterocycles. The first-order valence-corrected chi connectivity index (χ1v) is 6.78. The van der Waals surface area contributed by atoms with Gasteiger partial charge in [-0.05, 0) is 25.8 Å². The van der Waals surface area contributed by atoms with Crippen LogP contribution in [0, 0.1) is 21.4 Å². The molecule has 1 fully saturated rings. The van der Waals surface area contributed by atoms with E-state index in [2.05, 4.69) is 0 Å². The van der Waals surface area contributed by atoms with Gasteiger partial charge in [-0.15, -0.1) is 0 Å². The van der Waals surface area contributed by atoms with Crippen LogP contribution in [0.2, 0.25) is 0 Å². The zero-order valence-electron chi connectivity index (χ0n) is 12.2. The Bertz CT molecular complexity index is 608. The molecule has 0 bridgehead atoms. The maximum absolute atomic E-state index is 12.5. The molecule has 0 saturated carbocycles. The summed E-state index contributed by atoms with van der Waals surface area (Å²) in [7, 11) is 0. The second-order valence-corrected chi connectivity index (χ2v) is 5.68. The number of non-ortho nitro benzene ring substituents is 1. The number of carbonyl (C=O) groups is 2. The quantitative estimate of drug-likeness (QED) is 0.370. The predicted octanol–water partition coefficient (Wildman–Crippen LogP) is 2.81. The average Bonchev–Trinajstić information content (AvgIpc) is 2.45. The van der Waals surface area contributed by atoms with Gasteiger partial charge in [-0.25, -0.2) is 0 Å². The van der Waals surface area contributed by atoms with Crippen LogP contribution in [0.5, 0.6) is 0 Å². The molecule has 1 saturated heterocycles. The highest BCUT2D eigenvalue weighted by atomic mass is 16.6. The van der Waals surface area contributed by atoms with Gasteiger partial charge in [0.1, 0.15) is 11.5 Å². The lowest BCUT2D eigenvalue weighted by atomic mass is 9.74. The normalized spacial score (nSPS) is 24.5. The standard InChI is InChI=1S/C15H17NO5/c1-4-11-12(21-14(18)15(2,3)13(11)17)9-6-5-7-10(8-9)16(19)20/h5-8,11-12H,4H2,1-3H3/t11-,12+/m1/s1. The molecule has 0 unspecified atom stereocenters. The third-order valence-corrected chi connectivity index (χ3v) is 3.91. The lowest BCUT2D eigenvalue weighted by molar-refractivity contribution is -0.385. The number of benzene rings is 1. The highest BCUT2D eigenvalue weighted by Gasteiger charge is 2.50. The van der Waals surface area contributed by atoms with Gasteiger partial charge in [-0.3, -0.25) is 19.7 Å². The average molecular weight is 291 g/mol. The molecule has 112 valence electrons. The summed E-state index contributed by atoms with van der Waals surface area (Å²) < 4.78 is 5.41. The van der Waals surface area contributed by atoms with Gasteiger partial charge in [0.2, 0.25) is 0 Å². The highest BCUT2D eigenvalue weighted by Crippen LogP contribution is 2.41. The molecule has 6 nitrogen and oxygen atoms in total. The number of hydrogen-bond acceptors (Lipinski definition) is 5. The Balaban J connectivity index is 2.43. The van der Waals surface area contributed by atoms with Crippen LogP contribution < -0.4 is 0 Å². The van der Waals surface area contributed by atoms with Crippen LogP contribution in [0.3, 0.4) is 0 Å². The first-order chi connectivity index (χ1) is 9.78. The van der Waals surface area contributed by atoms with E-state index >= 15 is 0 Å². The highest BCUT2D eigenvalue weighted by molar-refractivity contribution is 6.06. The smallest absolute Gasteiger partial charge is 0.319 e. The van der Waals surface area contributed by atoms with Crippen molar-refractivity contribution in [2.24, 2.45) is 11.3 Å². The molecule has 0 N–H and O–H groups in total. The molecule has 1 aliphatic rings. The molecule has 0 aliphatic carbocycles. The van der Waals surface area contributed by atoms with E-state index in [1.54, 1.807) is 19.9 Å². The van der Waals surface area contributed by atoms with Crippen molar-refractivity contribution in [1.82, 2.24) is 0 Å². The predicted molar refractivity (Wildman–Crippen MR) is 74.5 cm³/mol. The number of esters is 1. The van der Waals surface area contributed by atoms with Gasteiger partial charge < -0.3 is 4.74 Å². The molecular weight excluding hydrogens is 274 g/mol. The number of nitro groups is 1. The van der Waals surface area contributed by atoms with E-state index in [-0.39, 0.29) is 11.5 Å². The minimum absolute atomic E-state index is 0.0873. The Kier molecular flexibility index (Phi) is 3.80. The largest absolute Gasteiger partial charge is 0.456 e. The van der Waals surface area contributed by atoms with Crippen LogP contribution >= 0.6 is 0 Å². The van der Waals surface area contributed by atoms with Crippen molar-refractivity contribution in [2.45, 2.75) is 33.3 Å². The van der Waals surface area contributed by atoms with Gasteiger partial charge in [0.05, 0.1) is 10.8 Å². The summed E-state index contributed by atoms with van der Waals surface area (Å²) in [4.78, 5) is 34.8. The van der Waals surface area contributed by atoms with Crippen molar-refractivity contribution in [1.29, 1.82) is 0 Å². The monoisotopic (exact) mass is 291 g/mol. The summed E-state index contributed by atoms with van der Waals surface area (Å²) in [6.45, 7) is 4.93. The van der Waals surface area contributed by atoms with Crippen LogP contribution in [0.25, 0.3) is 0 Å². The maximum Gasteiger partial charge on any atom is 0.319 e. The van der Waals surface area contributed by atoms with Crippen molar-refractivity contribution in [2.75, 3.05) is 0 Å². The fourth-order valence-electron chi connectivity index (χ4n) is 2.56. The van der Waals surface area contributed by atoms with Crippen molar-refractivity contribution >= 4 is 17.4 Å². The number of hydrogen-bond donors (Lipinski definition) is 0. The fourth-order valence-corrected chi connectivity index (χ4v) is 2.56. The molecule has 6 heteroatoms. The van der Waals surface area contributed by atoms with Crippen LogP contribution in [-0.2, 0) is 14.3 Å². The molecule has 1 heterocycles. The van der Waals surface area contributed by atoms with E-state index < -0.39 is 28.3 Å². The van der Waals surface area contributed by atoms with E-state index in [9.17, 15) is 19.7 Å². The summed E-state index contributed by atoms with van der Waals surface area (Å²) in [6.07, 6.45) is -0.258. The van der Waals surface area contributed by atoms with Gasteiger partial charge in [-0.2, -0.15) is 0 Å². The first-order valence-electron chi connectivity index (χ1n) is 6.78. The van der Waals surface area contributed by atoms with Gasteiger partial charge in [0.15, 0.2) is 5.78 Å². The molecule has 1 aliphatic heterocycles. The Hall–Kier alpha value is -2.24. The minimum atomic E-state index is -1.17. The van der Waals surface area contributed by atoms with Crippen LogP contribution in [-0.4, -0.2) is 16.7 Å². The second kappa shape index (κ2) is 5.27. The summed E-state index contributed by atoms with van der Waals surface area (Å²) in [5.74, 6) is -1.26. The topological polar surface area (TPSA) is 86.5 Å². The number of Topliss-reactive ketones (excluding diaryl/α,β-unsaturated/α-hetero) is 1. The van der Waals surface area contributed by atoms with Crippen LogP contribution in [0.15, 0.2) is 24.3 Å². The minimum Gasteiger partial charge on any atom is -0.456 e. The Morgan fingerprint density at radius 1 is 1.33 bits per heavy atom. The number of ketones is 1. The zero-order valence-corrected chi connectivity index (χ0v) is 12.2. The number of nitro benzene ring substituents is 1. The number of rotatable bonds is 3. The van der Waals surface area contributed by atoms with Crippen LogP contribution in [0.4, 0.5) is 5.69 Å². The van der Waals surface area contributed by atoms with Gasteiger partial charge in [-0.1, -0.05) is 19.1 Å². The Labute approximate surface area is 122 Å². The Morgan fingerprint density at radius 3 is 2.57 bits per heavy atom. The molecule has 0 spiro atoms. The van der Waals surface area contributed by atoms with Crippen molar-refractivity contribution in [3.63, 3.8) is 0 Å². The van der Waals surface area contributed by atoms with E-state index in [1.165, 1.54) is 18.2 Å². The van der Waals surface area contributed by atoms with E-state index in [0.29, 0.717) is 12.0 Å². The number of carbonyl (C=O) groups excluding carboxylic acids is 2. The van der Waals surface area contributed by atoms with Gasteiger partial charge in [0, 0.05) is 12.1 Å². The third-order valence-electron chi connectivity index (χ3n) is 3.91. The number of nitrogens with zero attached hydrogens (tertiary/aromatic N) is 1. The lowest BCUT2D eigenvalue weighted by Gasteiger charge is -2.37. The zero-order chi connectivity index (χ0) is 15.8. The molecule has 0 radical (unpaired) electrons. The summed E-state index contributed by atoms with van der Waals surface area (Å²) in [6, 6.07) is 5.88. The molecule has 2 atom stereocenters. The number of cyclic esters (lactones) is 1. The van der Waals surface area contributed by atoms with Crippen molar-refractivity contribution in [3.05, 3.63) is 39.9 Å². The lowest BCUT2D eigenvalue weighted by Crippen LogP contribution is -2.47. The maximum atomic E-state index is 12.5. The van der Waals surface area contributed by atoms with Crippen molar-refractivity contribution in [3.8, 4) is 0 Å². The van der Waals surface area contributed by atoms with Crippen molar-refractivity contribution < 1.29 is 19.2 Å². The molecule has 1 aromatic rings. The second-order valence-electron chi connectivity index (χ2n) is 5.68. The van der Waals surface area contributed by atoms with E-state index in [1.807, 2.05) is 6.92 Å². The first kappa shape index (κ1) is 15.2. The van der Waals surface area contributed by atoms with Crippen LogP contribution in [0.1, 0.15) is 38.9 Å². The molecule has 2 rings (SSSR count). The van der Waals surface area contributed by atoms with Gasteiger partial charge in [0.25, 0.3) is 5.69 Å². The Morgan fingerprint density at radius 2 is 2.00 bits per heavy atom. The molecule has 0 amide bonds. The summed E-state index contributed by atoms with van der Waals surface area (Å²) in [5.41, 5.74) is -0.776. The summed E-state index contributed by atoms with van der Waals surface area (Å²) >= 11 is 0. The molecule has 21 heavy (non-hydrogen) atoms. The fraction of sp³-hybridized carbons (Fsp3) is 0.467. The molecule has 1 aromatic carbocycles. The molecular formula is C15H17NO5.